The molecule has 0 saturated heterocycles. The molecular weight excluding hydrogens is 280 g/mol. The van der Waals surface area contributed by atoms with Crippen LogP contribution in [0.15, 0.2) is 36.8 Å². The third kappa shape index (κ3) is 1.87. The second-order valence-corrected chi connectivity index (χ2v) is 6.21. The number of ether oxygens (including phenoxy) is 1. The van der Waals surface area contributed by atoms with Crippen LogP contribution in [0.2, 0.25) is 0 Å². The Kier molecular flexibility index (Phi) is 2.69. The van der Waals surface area contributed by atoms with Gasteiger partial charge in [-0.05, 0) is 37.5 Å². The number of anilines is 1. The molecule has 112 valence electrons. The first-order valence-electron chi connectivity index (χ1n) is 7.25. The summed E-state index contributed by atoms with van der Waals surface area (Å²) in [6.07, 6.45) is 7.64. The lowest BCUT2D eigenvalue weighted by atomic mass is 9.39. The molecule has 2 aromatic rings. The Balaban J connectivity index is 1.49. The number of carbonyl (C=O) groups excluding carboxylic acids is 1. The fraction of sp³-hybridized carbons (Fsp3) is 0.375. The number of aromatic nitrogens is 3. The summed E-state index contributed by atoms with van der Waals surface area (Å²) in [4.78, 5) is 24.6. The zero-order valence-electron chi connectivity index (χ0n) is 12.2. The van der Waals surface area contributed by atoms with Crippen molar-refractivity contribution in [2.75, 3.05) is 12.4 Å². The molecule has 0 amide bonds. The number of pyridine rings is 1. The average Bonchev–Trinajstić information content (AvgIpc) is 2.50. The summed E-state index contributed by atoms with van der Waals surface area (Å²) >= 11 is 0. The topological polar surface area (TPSA) is 77.0 Å². The minimum absolute atomic E-state index is 0.0399. The first kappa shape index (κ1) is 13.2. The van der Waals surface area contributed by atoms with E-state index in [2.05, 4.69) is 20.3 Å². The fourth-order valence-corrected chi connectivity index (χ4v) is 3.68. The van der Waals surface area contributed by atoms with E-state index in [0.717, 1.165) is 30.5 Å². The second kappa shape index (κ2) is 4.50. The summed E-state index contributed by atoms with van der Waals surface area (Å²) in [5.74, 6) is 0.501. The number of rotatable bonds is 4. The number of methoxy groups -OCH3 is 1. The Morgan fingerprint density at radius 3 is 2.77 bits per heavy atom. The molecule has 6 heteroatoms. The van der Waals surface area contributed by atoms with Crippen molar-refractivity contribution >= 4 is 11.9 Å². The van der Waals surface area contributed by atoms with Crippen LogP contribution in [0, 0.1) is 5.41 Å². The molecule has 22 heavy (non-hydrogen) atoms. The lowest BCUT2D eigenvalue weighted by molar-refractivity contribution is -0.190. The molecule has 0 spiro atoms. The van der Waals surface area contributed by atoms with Gasteiger partial charge in [0.05, 0.1) is 18.2 Å². The van der Waals surface area contributed by atoms with E-state index in [4.69, 9.17) is 4.74 Å². The molecule has 0 atom stereocenters. The van der Waals surface area contributed by atoms with Crippen LogP contribution in [-0.2, 0) is 9.53 Å². The number of nitrogens with zero attached hydrogens (tertiary/aromatic N) is 3. The van der Waals surface area contributed by atoms with E-state index in [1.54, 1.807) is 18.6 Å². The Morgan fingerprint density at radius 1 is 1.27 bits per heavy atom. The molecule has 2 heterocycles. The molecule has 2 aromatic heterocycles. The zero-order chi connectivity index (χ0) is 15.2. The van der Waals surface area contributed by atoms with E-state index in [0.29, 0.717) is 5.95 Å². The zero-order valence-corrected chi connectivity index (χ0v) is 12.2. The Hall–Kier alpha value is -2.50. The Labute approximate surface area is 128 Å². The molecule has 1 N–H and O–H groups in total. The molecule has 6 nitrogen and oxygen atoms in total. The van der Waals surface area contributed by atoms with Crippen molar-refractivity contribution in [1.82, 2.24) is 15.0 Å². The van der Waals surface area contributed by atoms with E-state index in [9.17, 15) is 4.79 Å². The Bertz CT molecular complexity index is 712. The van der Waals surface area contributed by atoms with Gasteiger partial charge in [0.15, 0.2) is 0 Å². The highest BCUT2D eigenvalue weighted by Gasteiger charge is 2.72. The van der Waals surface area contributed by atoms with Crippen molar-refractivity contribution in [1.29, 1.82) is 0 Å². The van der Waals surface area contributed by atoms with Crippen LogP contribution in [0.4, 0.5) is 5.95 Å². The third-order valence-corrected chi connectivity index (χ3v) is 4.64. The van der Waals surface area contributed by atoms with Gasteiger partial charge in [0.1, 0.15) is 0 Å². The van der Waals surface area contributed by atoms with Gasteiger partial charge >= 0.3 is 5.97 Å². The highest BCUT2D eigenvalue weighted by Crippen LogP contribution is 2.68. The van der Waals surface area contributed by atoms with Crippen LogP contribution in [0.25, 0.3) is 11.3 Å². The molecule has 2 bridgehead atoms. The SMILES string of the molecule is COC(=O)C12CC(Nc3nccc(-c4cccnc4)n3)(C1)C2. The standard InChI is InChI=1S/C16H16N4O2/c1-22-13(21)15-8-16(9-15,10-15)20-14-18-6-4-12(19-14)11-3-2-5-17-7-11/h2-7H,8-10H2,1H3,(H,18,19,20). The largest absolute Gasteiger partial charge is 0.469 e. The lowest BCUT2D eigenvalue weighted by Gasteiger charge is -2.68. The summed E-state index contributed by atoms with van der Waals surface area (Å²) in [5, 5.41) is 3.38. The summed E-state index contributed by atoms with van der Waals surface area (Å²) in [5.41, 5.74) is 1.49. The molecule has 0 aromatic carbocycles. The van der Waals surface area contributed by atoms with Crippen LogP contribution >= 0.6 is 0 Å². The first-order chi connectivity index (χ1) is 10.6. The highest BCUT2D eigenvalue weighted by atomic mass is 16.5. The summed E-state index contributed by atoms with van der Waals surface area (Å²) < 4.78 is 4.86. The molecule has 3 aliphatic carbocycles. The van der Waals surface area contributed by atoms with Crippen molar-refractivity contribution in [3.05, 3.63) is 36.8 Å². The lowest BCUT2D eigenvalue weighted by Crippen LogP contribution is -2.74. The van der Waals surface area contributed by atoms with Crippen molar-refractivity contribution < 1.29 is 9.53 Å². The maximum absolute atomic E-state index is 11.7. The van der Waals surface area contributed by atoms with Gasteiger partial charge in [-0.15, -0.1) is 0 Å². The van der Waals surface area contributed by atoms with Crippen LogP contribution < -0.4 is 5.32 Å². The predicted octanol–water partition coefficient (Wildman–Crippen LogP) is 2.05. The van der Waals surface area contributed by atoms with Crippen molar-refractivity contribution in [2.24, 2.45) is 5.41 Å². The van der Waals surface area contributed by atoms with Crippen LogP contribution in [-0.4, -0.2) is 33.6 Å². The number of carbonyl (C=O) groups is 1. The van der Waals surface area contributed by atoms with E-state index in [-0.39, 0.29) is 16.9 Å². The maximum atomic E-state index is 11.7. The van der Waals surface area contributed by atoms with Gasteiger partial charge in [0.2, 0.25) is 5.95 Å². The van der Waals surface area contributed by atoms with E-state index >= 15 is 0 Å². The van der Waals surface area contributed by atoms with Crippen molar-refractivity contribution in [2.45, 2.75) is 24.8 Å². The number of hydrogen-bond acceptors (Lipinski definition) is 6. The number of nitrogens with one attached hydrogen (secondary N) is 1. The van der Waals surface area contributed by atoms with Gasteiger partial charge in [-0.25, -0.2) is 9.97 Å². The molecule has 5 rings (SSSR count). The smallest absolute Gasteiger partial charge is 0.312 e. The number of hydrogen-bond donors (Lipinski definition) is 1. The van der Waals surface area contributed by atoms with Gasteiger partial charge in [-0.3, -0.25) is 9.78 Å². The van der Waals surface area contributed by atoms with Crippen LogP contribution in [0.5, 0.6) is 0 Å². The maximum Gasteiger partial charge on any atom is 0.312 e. The monoisotopic (exact) mass is 296 g/mol. The number of esters is 1. The van der Waals surface area contributed by atoms with Crippen LogP contribution in [0.3, 0.4) is 0 Å². The van der Waals surface area contributed by atoms with Crippen LogP contribution in [0.1, 0.15) is 19.3 Å². The van der Waals surface area contributed by atoms with E-state index < -0.39 is 0 Å². The summed E-state index contributed by atoms with van der Waals surface area (Å²) in [6.45, 7) is 0. The minimum Gasteiger partial charge on any atom is -0.469 e. The fourth-order valence-electron chi connectivity index (χ4n) is 3.68. The molecule has 0 aliphatic heterocycles. The van der Waals surface area contributed by atoms with Gasteiger partial charge in [-0.2, -0.15) is 0 Å². The molecule has 0 unspecified atom stereocenters. The third-order valence-electron chi connectivity index (χ3n) is 4.64. The normalized spacial score (nSPS) is 28.2. The summed E-state index contributed by atoms with van der Waals surface area (Å²) in [7, 11) is 1.45. The van der Waals surface area contributed by atoms with Gasteiger partial charge < -0.3 is 10.1 Å². The molecule has 3 fully saturated rings. The van der Waals surface area contributed by atoms with Gasteiger partial charge in [-0.1, -0.05) is 0 Å². The van der Waals surface area contributed by atoms with Crippen molar-refractivity contribution in [3.8, 4) is 11.3 Å². The van der Waals surface area contributed by atoms with Gasteiger partial charge in [0.25, 0.3) is 0 Å². The predicted molar refractivity (Wildman–Crippen MR) is 79.9 cm³/mol. The minimum atomic E-state index is -0.261. The van der Waals surface area contributed by atoms with Gasteiger partial charge in [0, 0.05) is 29.7 Å². The average molecular weight is 296 g/mol. The molecular formula is C16H16N4O2. The van der Waals surface area contributed by atoms with E-state index in [1.165, 1.54) is 7.11 Å². The Morgan fingerprint density at radius 2 is 2.09 bits per heavy atom. The van der Waals surface area contributed by atoms with Crippen molar-refractivity contribution in [3.63, 3.8) is 0 Å². The highest BCUT2D eigenvalue weighted by molar-refractivity contribution is 5.82. The summed E-state index contributed by atoms with van der Waals surface area (Å²) in [6, 6.07) is 5.71. The molecule has 3 aliphatic rings. The first-order valence-corrected chi connectivity index (χ1v) is 7.25. The second-order valence-electron chi connectivity index (χ2n) is 6.21. The molecule has 3 saturated carbocycles. The van der Waals surface area contributed by atoms with E-state index in [1.807, 2.05) is 18.2 Å². The molecule has 0 radical (unpaired) electrons. The quantitative estimate of drug-likeness (QED) is 0.870.